The molecule has 0 saturated carbocycles. The molecular weight excluding hydrogens is 521 g/mol. The predicted octanol–water partition coefficient (Wildman–Crippen LogP) is 5.37. The summed E-state index contributed by atoms with van der Waals surface area (Å²) in [5.74, 6) is -1.12. The van der Waals surface area contributed by atoms with Crippen molar-refractivity contribution in [3.05, 3.63) is 72.0 Å². The van der Waals surface area contributed by atoms with Crippen LogP contribution in [0, 0.1) is 5.82 Å². The Morgan fingerprint density at radius 3 is 2.11 bits per heavy atom. The van der Waals surface area contributed by atoms with E-state index in [9.17, 15) is 44.3 Å². The van der Waals surface area contributed by atoms with Gasteiger partial charge in [0, 0.05) is 22.9 Å². The first-order chi connectivity index (χ1) is 16.6. The molecule has 0 atom stereocenters. The van der Waals surface area contributed by atoms with Gasteiger partial charge in [0.1, 0.15) is 11.6 Å². The maximum Gasteiger partial charge on any atom is 0.430 e. The van der Waals surface area contributed by atoms with E-state index in [0.29, 0.717) is 23.6 Å². The van der Waals surface area contributed by atoms with Crippen molar-refractivity contribution >= 4 is 21.4 Å². The summed E-state index contributed by atoms with van der Waals surface area (Å²) in [6.45, 7) is 0.191. The number of aliphatic hydroxyl groups is 1. The van der Waals surface area contributed by atoms with Crippen molar-refractivity contribution in [3.63, 3.8) is 0 Å². The van der Waals surface area contributed by atoms with Crippen LogP contribution in [0.25, 0.3) is 11.1 Å². The van der Waals surface area contributed by atoms with E-state index in [1.165, 1.54) is 42.5 Å². The van der Waals surface area contributed by atoms with Gasteiger partial charge in [-0.2, -0.15) is 26.3 Å². The van der Waals surface area contributed by atoms with Gasteiger partial charge < -0.3 is 15.2 Å². The van der Waals surface area contributed by atoms with Gasteiger partial charge in [0.15, 0.2) is 6.73 Å². The number of ether oxygens (including phenoxy) is 1. The monoisotopic (exact) mass is 536 g/mol. The van der Waals surface area contributed by atoms with Gasteiger partial charge in [-0.1, -0.05) is 24.3 Å². The molecule has 3 N–H and O–H groups in total. The molecule has 0 saturated heterocycles. The topological polar surface area (TPSA) is 87.7 Å². The van der Waals surface area contributed by atoms with E-state index >= 15 is 0 Å². The highest BCUT2D eigenvalue weighted by molar-refractivity contribution is 7.92. The van der Waals surface area contributed by atoms with Crippen molar-refractivity contribution in [1.82, 2.24) is 0 Å². The van der Waals surface area contributed by atoms with E-state index in [2.05, 4.69) is 10.0 Å². The van der Waals surface area contributed by atoms with Gasteiger partial charge >= 0.3 is 12.4 Å². The number of anilines is 2. The van der Waals surface area contributed by atoms with E-state index in [1.54, 1.807) is 0 Å². The molecule has 0 aromatic heterocycles. The minimum absolute atomic E-state index is 0.0292. The Balaban J connectivity index is 1.59. The van der Waals surface area contributed by atoms with Crippen molar-refractivity contribution < 1.29 is 49.0 Å². The van der Waals surface area contributed by atoms with Crippen molar-refractivity contribution in [1.29, 1.82) is 0 Å². The molecule has 3 aromatic carbocycles. The van der Waals surface area contributed by atoms with Gasteiger partial charge in [-0.05, 0) is 35.9 Å². The molecular formula is C22H15F7N2O4S. The number of hydrogen-bond acceptors (Lipinski definition) is 5. The minimum atomic E-state index is -6.15. The molecule has 3 aromatic rings. The normalized spacial score (nSPS) is 14.1. The van der Waals surface area contributed by atoms with E-state index < -0.39 is 39.4 Å². The van der Waals surface area contributed by atoms with Crippen molar-refractivity contribution in [2.75, 3.05) is 16.8 Å². The molecule has 0 fully saturated rings. The summed E-state index contributed by atoms with van der Waals surface area (Å²) in [6.07, 6.45) is -12.3. The molecule has 0 spiro atoms. The molecule has 0 unspecified atom stereocenters. The van der Waals surface area contributed by atoms with Crippen LogP contribution >= 0.6 is 0 Å². The third-order valence-electron chi connectivity index (χ3n) is 5.41. The number of nitrogens with one attached hydrogen (secondary N) is 2. The summed E-state index contributed by atoms with van der Waals surface area (Å²) in [6, 6.07) is 10.00. The Morgan fingerprint density at radius 1 is 0.889 bits per heavy atom. The lowest BCUT2D eigenvalue weighted by Gasteiger charge is -2.32. The zero-order valence-electron chi connectivity index (χ0n) is 17.7. The summed E-state index contributed by atoms with van der Waals surface area (Å²) in [5, 5.41) is 12.3. The molecule has 4 rings (SSSR count). The number of sulfonamides is 1. The summed E-state index contributed by atoms with van der Waals surface area (Å²) in [5.41, 5.74) is -6.67. The molecule has 14 heteroatoms. The fourth-order valence-corrected chi connectivity index (χ4v) is 4.59. The quantitative estimate of drug-likeness (QED) is 0.382. The smallest absolute Gasteiger partial charge is 0.430 e. The van der Waals surface area contributed by atoms with Gasteiger partial charge in [0.05, 0.1) is 10.6 Å². The fraction of sp³-hybridized carbons (Fsp3) is 0.182. The molecule has 0 amide bonds. The first kappa shape index (κ1) is 25.6. The highest BCUT2D eigenvalue weighted by Gasteiger charge is 2.71. The van der Waals surface area contributed by atoms with E-state index in [1.807, 2.05) is 0 Å². The molecule has 0 radical (unpaired) electrons. The van der Waals surface area contributed by atoms with Crippen molar-refractivity contribution in [2.45, 2.75) is 22.8 Å². The molecule has 1 aliphatic heterocycles. The SMILES string of the molecule is O=S(=O)(Nc1ccc(-c2ccc(C(O)(C(F)(F)F)C(F)(F)F)cc2F)cc1)c1ccc2c(c1)OCN2. The van der Waals surface area contributed by atoms with E-state index in [4.69, 9.17) is 4.74 Å². The molecule has 0 bridgehead atoms. The summed E-state index contributed by atoms with van der Waals surface area (Å²) >= 11 is 0. The van der Waals surface area contributed by atoms with Gasteiger partial charge in [-0.25, -0.2) is 12.8 Å². The second kappa shape index (κ2) is 8.55. The number of halogens is 7. The number of hydrogen-bond donors (Lipinski definition) is 3. The van der Waals surface area contributed by atoms with Crippen LogP contribution < -0.4 is 14.8 Å². The molecule has 1 aliphatic rings. The van der Waals surface area contributed by atoms with Crippen LogP contribution in [0.5, 0.6) is 5.75 Å². The van der Waals surface area contributed by atoms with Crippen LogP contribution in [0.3, 0.4) is 0 Å². The Morgan fingerprint density at radius 2 is 1.53 bits per heavy atom. The lowest BCUT2D eigenvalue weighted by molar-refractivity contribution is -0.376. The minimum Gasteiger partial charge on any atom is -0.471 e. The average Bonchev–Trinajstić information content (AvgIpc) is 3.25. The molecule has 36 heavy (non-hydrogen) atoms. The molecule has 6 nitrogen and oxygen atoms in total. The van der Waals surface area contributed by atoms with E-state index in [0.717, 1.165) is 0 Å². The second-order valence-electron chi connectivity index (χ2n) is 7.71. The Kier molecular flexibility index (Phi) is 6.07. The van der Waals surface area contributed by atoms with Gasteiger partial charge in [-0.15, -0.1) is 0 Å². The van der Waals surface area contributed by atoms with Crippen LogP contribution in [0.15, 0.2) is 65.6 Å². The number of alkyl halides is 6. The van der Waals surface area contributed by atoms with Crippen LogP contribution in [-0.2, 0) is 15.6 Å². The lowest BCUT2D eigenvalue weighted by Crippen LogP contribution is -2.53. The maximum absolute atomic E-state index is 14.6. The standard InChI is InChI=1S/C22H15F7N2O4S/c23-17-9-13(20(32,21(24,25)26)22(27,28)29)3-7-16(17)12-1-4-14(5-2-12)31-36(33,34)15-6-8-18-19(10-15)35-11-30-18/h1-10,30-32H,11H2. The Bertz CT molecular complexity index is 1390. The zero-order valence-corrected chi connectivity index (χ0v) is 18.5. The van der Waals surface area contributed by atoms with Crippen molar-refractivity contribution in [3.8, 4) is 16.9 Å². The highest BCUT2D eigenvalue weighted by Crippen LogP contribution is 2.50. The van der Waals surface area contributed by atoms with Crippen LogP contribution in [0.2, 0.25) is 0 Å². The summed E-state index contributed by atoms with van der Waals surface area (Å²) in [7, 11) is -4.04. The predicted molar refractivity (Wildman–Crippen MR) is 114 cm³/mol. The Hall–Kier alpha value is -3.52. The fourth-order valence-electron chi connectivity index (χ4n) is 3.52. The Labute approximate surface area is 199 Å². The van der Waals surface area contributed by atoms with Gasteiger partial charge in [0.2, 0.25) is 0 Å². The van der Waals surface area contributed by atoms with Crippen molar-refractivity contribution in [2.24, 2.45) is 0 Å². The van der Waals surface area contributed by atoms with E-state index in [-0.39, 0.29) is 34.5 Å². The summed E-state index contributed by atoms with van der Waals surface area (Å²) in [4.78, 5) is -0.0996. The zero-order chi connectivity index (χ0) is 26.5. The van der Waals surface area contributed by atoms with Crippen LogP contribution in [0.1, 0.15) is 5.56 Å². The molecule has 0 aliphatic carbocycles. The largest absolute Gasteiger partial charge is 0.471 e. The molecule has 1 heterocycles. The van der Waals surface area contributed by atoms with Crippen LogP contribution in [-0.4, -0.2) is 32.6 Å². The lowest BCUT2D eigenvalue weighted by atomic mass is 9.90. The molecule has 192 valence electrons. The highest BCUT2D eigenvalue weighted by atomic mass is 32.2. The number of rotatable bonds is 5. The average molecular weight is 536 g/mol. The number of benzene rings is 3. The third-order valence-corrected chi connectivity index (χ3v) is 6.79. The third kappa shape index (κ3) is 4.41. The first-order valence-corrected chi connectivity index (χ1v) is 11.4. The number of fused-ring (bicyclic) bond motifs is 1. The van der Waals surface area contributed by atoms with Gasteiger partial charge in [-0.3, -0.25) is 4.72 Å². The second-order valence-corrected chi connectivity index (χ2v) is 9.39. The summed E-state index contributed by atoms with van der Waals surface area (Å²) < 4.78 is 126. The van der Waals surface area contributed by atoms with Crippen LogP contribution in [0.4, 0.5) is 42.1 Å². The van der Waals surface area contributed by atoms with Gasteiger partial charge in [0.25, 0.3) is 15.6 Å². The first-order valence-electron chi connectivity index (χ1n) is 9.93. The maximum atomic E-state index is 14.6.